The van der Waals surface area contributed by atoms with Crippen molar-refractivity contribution in [3.63, 3.8) is 0 Å². The molecule has 180 valence electrons. The van der Waals surface area contributed by atoms with Crippen molar-refractivity contribution in [2.24, 2.45) is 5.92 Å². The van der Waals surface area contributed by atoms with E-state index in [1.54, 1.807) is 24.3 Å². The summed E-state index contributed by atoms with van der Waals surface area (Å²) in [5.74, 6) is -0.148. The van der Waals surface area contributed by atoms with Crippen LogP contribution in [-0.4, -0.2) is 31.6 Å². The first kappa shape index (κ1) is 22.9. The van der Waals surface area contributed by atoms with Crippen molar-refractivity contribution >= 4 is 23.2 Å². The number of imide groups is 1. The molecule has 0 unspecified atom stereocenters. The first-order chi connectivity index (χ1) is 17.0. The Labute approximate surface area is 204 Å². The van der Waals surface area contributed by atoms with Crippen LogP contribution in [0.15, 0.2) is 72.8 Å². The molecule has 2 fully saturated rings. The lowest BCUT2D eigenvalue weighted by molar-refractivity contribution is -0.126. The number of methoxy groups -OCH3 is 1. The third-order valence-electron chi connectivity index (χ3n) is 6.41. The Hall–Kier alpha value is -3.84. The molecule has 0 N–H and O–H groups in total. The predicted molar refractivity (Wildman–Crippen MR) is 132 cm³/mol. The maximum atomic E-state index is 13.7. The van der Waals surface area contributed by atoms with Gasteiger partial charge in [0.1, 0.15) is 5.92 Å². The number of hydrogen-bond acceptors (Lipinski definition) is 6. The second-order valence-electron chi connectivity index (χ2n) is 8.76. The molecule has 3 aromatic rings. The first-order valence-electron chi connectivity index (χ1n) is 11.8. The maximum Gasteiger partial charge on any atom is 0.266 e. The molecule has 3 atom stereocenters. The van der Waals surface area contributed by atoms with Gasteiger partial charge in [-0.3, -0.25) is 14.4 Å². The van der Waals surface area contributed by atoms with Crippen molar-refractivity contribution in [2.75, 3.05) is 23.7 Å². The second kappa shape index (κ2) is 9.43. The highest BCUT2D eigenvalue weighted by Crippen LogP contribution is 2.48. The average Bonchev–Trinajstić information content (AvgIpc) is 3.39. The summed E-state index contributed by atoms with van der Waals surface area (Å²) in [6.45, 7) is 4.57. The minimum atomic E-state index is -0.920. The lowest BCUT2D eigenvalue weighted by Gasteiger charge is -2.29. The van der Waals surface area contributed by atoms with E-state index in [1.165, 1.54) is 4.90 Å². The van der Waals surface area contributed by atoms with E-state index in [0.717, 1.165) is 23.2 Å². The summed E-state index contributed by atoms with van der Waals surface area (Å²) < 4.78 is 11.4. The largest absolute Gasteiger partial charge is 0.493 e. The van der Waals surface area contributed by atoms with Crippen LogP contribution in [-0.2, 0) is 14.4 Å². The van der Waals surface area contributed by atoms with Gasteiger partial charge in [0.25, 0.3) is 5.91 Å². The number of fused-ring (bicyclic) bond motifs is 1. The summed E-state index contributed by atoms with van der Waals surface area (Å²) in [5.41, 5.74) is 3.16. The fourth-order valence-corrected chi connectivity index (χ4v) is 4.70. The molecule has 2 saturated heterocycles. The summed E-state index contributed by atoms with van der Waals surface area (Å²) in [6, 6.07) is 22.0. The summed E-state index contributed by atoms with van der Waals surface area (Å²) in [5, 5.41) is 1.68. The van der Waals surface area contributed by atoms with E-state index >= 15 is 0 Å². The first-order valence-corrected chi connectivity index (χ1v) is 11.8. The van der Waals surface area contributed by atoms with Crippen molar-refractivity contribution in [2.45, 2.75) is 32.4 Å². The van der Waals surface area contributed by atoms with E-state index < -0.39 is 18.1 Å². The van der Waals surface area contributed by atoms with Crippen molar-refractivity contribution in [1.29, 1.82) is 0 Å². The number of benzene rings is 3. The SMILES string of the molecule is CCCOc1ccc([C@H]2[C@@H]3C(=O)N(c4ccc(C)cc4)C(=O)[C@@H]3ON2c2ccccc2)cc1OC. The van der Waals surface area contributed by atoms with Crippen LogP contribution >= 0.6 is 0 Å². The van der Waals surface area contributed by atoms with Crippen molar-refractivity contribution in [1.82, 2.24) is 0 Å². The monoisotopic (exact) mass is 472 g/mol. The number of hydroxylamine groups is 1. The third-order valence-corrected chi connectivity index (χ3v) is 6.41. The van der Waals surface area contributed by atoms with Crippen molar-refractivity contribution in [3.8, 4) is 11.5 Å². The lowest BCUT2D eigenvalue weighted by Crippen LogP contribution is -2.37. The summed E-state index contributed by atoms with van der Waals surface area (Å²) in [6.07, 6.45) is -0.0470. The molecule has 0 spiro atoms. The number of anilines is 2. The molecule has 2 aliphatic heterocycles. The van der Waals surface area contributed by atoms with E-state index in [2.05, 4.69) is 0 Å². The molecule has 2 amide bonds. The fraction of sp³-hybridized carbons (Fsp3) is 0.286. The molecule has 0 bridgehead atoms. The van der Waals surface area contributed by atoms with Gasteiger partial charge in [0.2, 0.25) is 5.91 Å². The smallest absolute Gasteiger partial charge is 0.266 e. The molecule has 0 saturated carbocycles. The van der Waals surface area contributed by atoms with E-state index in [4.69, 9.17) is 14.3 Å². The van der Waals surface area contributed by atoms with E-state index in [-0.39, 0.29) is 11.8 Å². The quantitative estimate of drug-likeness (QED) is 0.458. The van der Waals surface area contributed by atoms with Crippen LogP contribution in [0, 0.1) is 12.8 Å². The van der Waals surface area contributed by atoms with E-state index in [1.807, 2.05) is 74.5 Å². The van der Waals surface area contributed by atoms with Gasteiger partial charge in [0.05, 0.1) is 31.1 Å². The van der Waals surface area contributed by atoms with Gasteiger partial charge in [-0.25, -0.2) is 9.96 Å². The maximum absolute atomic E-state index is 13.7. The second-order valence-corrected chi connectivity index (χ2v) is 8.76. The van der Waals surface area contributed by atoms with Gasteiger partial charge in [-0.2, -0.15) is 0 Å². The van der Waals surface area contributed by atoms with Crippen LogP contribution in [0.25, 0.3) is 0 Å². The molecule has 5 rings (SSSR count). The highest BCUT2D eigenvalue weighted by atomic mass is 16.7. The topological polar surface area (TPSA) is 68.3 Å². The third kappa shape index (κ3) is 4.02. The Kier molecular flexibility index (Phi) is 6.17. The average molecular weight is 473 g/mol. The molecule has 0 radical (unpaired) electrons. The van der Waals surface area contributed by atoms with Gasteiger partial charge >= 0.3 is 0 Å². The Bertz CT molecular complexity index is 1230. The number of hydrogen-bond donors (Lipinski definition) is 0. The van der Waals surface area contributed by atoms with Gasteiger partial charge in [-0.1, -0.05) is 48.9 Å². The molecular formula is C28H28N2O5. The van der Waals surface area contributed by atoms with Gasteiger partial charge in [-0.15, -0.1) is 0 Å². The van der Waals surface area contributed by atoms with Crippen LogP contribution in [0.1, 0.15) is 30.5 Å². The fourth-order valence-electron chi connectivity index (χ4n) is 4.70. The Morgan fingerprint density at radius 2 is 1.63 bits per heavy atom. The van der Waals surface area contributed by atoms with Crippen LogP contribution in [0.2, 0.25) is 0 Å². The van der Waals surface area contributed by atoms with Crippen LogP contribution in [0.3, 0.4) is 0 Å². The number of carbonyl (C=O) groups is 2. The summed E-state index contributed by atoms with van der Waals surface area (Å²) >= 11 is 0. The minimum Gasteiger partial charge on any atom is -0.493 e. The van der Waals surface area contributed by atoms with Crippen molar-refractivity contribution < 1.29 is 23.9 Å². The molecule has 0 aliphatic carbocycles. The number of nitrogens with zero attached hydrogens (tertiary/aromatic N) is 2. The Morgan fingerprint density at radius 1 is 0.886 bits per heavy atom. The highest BCUT2D eigenvalue weighted by Gasteiger charge is 2.60. The van der Waals surface area contributed by atoms with Crippen molar-refractivity contribution in [3.05, 3.63) is 83.9 Å². The van der Waals surface area contributed by atoms with Gasteiger partial charge in [-0.05, 0) is 55.3 Å². The summed E-state index contributed by atoms with van der Waals surface area (Å²) in [7, 11) is 1.59. The number of rotatable bonds is 7. The molecule has 0 aromatic heterocycles. The zero-order valence-corrected chi connectivity index (χ0v) is 20.0. The molecule has 2 heterocycles. The van der Waals surface area contributed by atoms with Gasteiger partial charge in [0, 0.05) is 0 Å². The summed E-state index contributed by atoms with van der Waals surface area (Å²) in [4.78, 5) is 34.7. The normalized spacial score (nSPS) is 21.4. The predicted octanol–water partition coefficient (Wildman–Crippen LogP) is 4.84. The Balaban J connectivity index is 1.57. The van der Waals surface area contributed by atoms with Crippen LogP contribution in [0.4, 0.5) is 11.4 Å². The van der Waals surface area contributed by atoms with E-state index in [9.17, 15) is 9.59 Å². The number of para-hydroxylation sites is 1. The molecule has 35 heavy (non-hydrogen) atoms. The number of ether oxygens (including phenoxy) is 2. The van der Waals surface area contributed by atoms with Crippen LogP contribution < -0.4 is 19.4 Å². The lowest BCUT2D eigenvalue weighted by atomic mass is 9.90. The van der Waals surface area contributed by atoms with Gasteiger partial charge in [0.15, 0.2) is 17.6 Å². The zero-order chi connectivity index (χ0) is 24.5. The number of aryl methyl sites for hydroxylation is 1. The number of amides is 2. The van der Waals surface area contributed by atoms with E-state index in [0.29, 0.717) is 23.8 Å². The molecular weight excluding hydrogens is 444 g/mol. The minimum absolute atomic E-state index is 0.280. The molecule has 7 heteroatoms. The van der Waals surface area contributed by atoms with Crippen LogP contribution in [0.5, 0.6) is 11.5 Å². The highest BCUT2D eigenvalue weighted by molar-refractivity contribution is 6.23. The molecule has 7 nitrogen and oxygen atoms in total. The molecule has 3 aromatic carbocycles. The number of carbonyl (C=O) groups excluding carboxylic acids is 2. The Morgan fingerprint density at radius 3 is 2.31 bits per heavy atom. The zero-order valence-electron chi connectivity index (χ0n) is 20.0. The molecule has 2 aliphatic rings. The standard InChI is InChI=1S/C28H28N2O5/c1-4-16-34-22-15-12-19(17-23(22)33-3)25-24-26(35-30(25)21-8-6-5-7-9-21)28(32)29(27(24)31)20-13-10-18(2)11-14-20/h5-15,17,24-26H,4,16H2,1-3H3/t24-,25-,26+/m0/s1. The van der Waals surface area contributed by atoms with Gasteiger partial charge < -0.3 is 9.47 Å².